The normalized spacial score (nSPS) is 11.3. The van der Waals surface area contributed by atoms with Gasteiger partial charge in [-0.2, -0.15) is 0 Å². The number of esters is 1. The number of hydrogen-bond donors (Lipinski definition) is 1. The molecule has 0 saturated heterocycles. The number of amides is 1. The molecular formula is C28H27N3O3. The number of pyridine rings is 1. The third-order valence-electron chi connectivity index (χ3n) is 5.24. The van der Waals surface area contributed by atoms with Crippen LogP contribution in [0.3, 0.4) is 0 Å². The molecule has 34 heavy (non-hydrogen) atoms. The summed E-state index contributed by atoms with van der Waals surface area (Å²) >= 11 is 0. The molecule has 2 aromatic carbocycles. The Hall–Kier alpha value is -4.19. The van der Waals surface area contributed by atoms with Crippen molar-refractivity contribution in [3.63, 3.8) is 0 Å². The molecule has 172 valence electrons. The van der Waals surface area contributed by atoms with Crippen LogP contribution in [0.4, 0.5) is 5.69 Å². The molecule has 0 bridgehead atoms. The van der Waals surface area contributed by atoms with Crippen molar-refractivity contribution in [2.24, 2.45) is 0 Å². The highest BCUT2D eigenvalue weighted by atomic mass is 16.5. The summed E-state index contributed by atoms with van der Waals surface area (Å²) < 4.78 is 7.20. The van der Waals surface area contributed by atoms with Gasteiger partial charge in [0.15, 0.2) is 0 Å². The summed E-state index contributed by atoms with van der Waals surface area (Å²) in [5.41, 5.74) is 6.57. The van der Waals surface area contributed by atoms with Crippen LogP contribution >= 0.6 is 0 Å². The van der Waals surface area contributed by atoms with Gasteiger partial charge in [0.25, 0.3) is 0 Å². The van der Waals surface area contributed by atoms with Crippen molar-refractivity contribution in [1.29, 1.82) is 0 Å². The number of anilines is 1. The minimum Gasteiger partial charge on any atom is -0.459 e. The number of carbonyl (C=O) groups is 2. The molecule has 6 heteroatoms. The first-order valence-corrected chi connectivity index (χ1v) is 11.2. The summed E-state index contributed by atoms with van der Waals surface area (Å²) in [6, 6.07) is 18.9. The predicted octanol–water partition coefficient (Wildman–Crippen LogP) is 5.84. The van der Waals surface area contributed by atoms with Crippen LogP contribution in [0.2, 0.25) is 0 Å². The second-order valence-corrected chi connectivity index (χ2v) is 8.50. The van der Waals surface area contributed by atoms with E-state index in [1.165, 1.54) is 11.6 Å². The van der Waals surface area contributed by atoms with Crippen LogP contribution in [0, 0.1) is 13.8 Å². The maximum atomic E-state index is 12.7. The average molecular weight is 454 g/mol. The van der Waals surface area contributed by atoms with Crippen molar-refractivity contribution in [3.05, 3.63) is 95.3 Å². The van der Waals surface area contributed by atoms with E-state index in [-0.39, 0.29) is 12.0 Å². The van der Waals surface area contributed by atoms with Gasteiger partial charge in [-0.3, -0.25) is 9.20 Å². The lowest BCUT2D eigenvalue weighted by atomic mass is 10.1. The number of fused-ring (bicyclic) bond motifs is 1. The fraction of sp³-hybridized carbons (Fsp3) is 0.179. The van der Waals surface area contributed by atoms with Gasteiger partial charge in [-0.05, 0) is 69.7 Å². The van der Waals surface area contributed by atoms with Crippen molar-refractivity contribution in [1.82, 2.24) is 9.38 Å². The molecule has 1 amide bonds. The topological polar surface area (TPSA) is 72.7 Å². The lowest BCUT2D eigenvalue weighted by Gasteiger charge is -2.09. The number of rotatable bonds is 6. The lowest BCUT2D eigenvalue weighted by molar-refractivity contribution is -0.111. The molecule has 0 radical (unpaired) electrons. The maximum Gasteiger partial charge on any atom is 0.338 e. The largest absolute Gasteiger partial charge is 0.459 e. The number of nitrogens with one attached hydrogen (secondary N) is 1. The van der Waals surface area contributed by atoms with Gasteiger partial charge in [0.1, 0.15) is 5.65 Å². The van der Waals surface area contributed by atoms with E-state index in [2.05, 4.69) is 5.32 Å². The van der Waals surface area contributed by atoms with Gasteiger partial charge in [0.05, 0.1) is 23.1 Å². The van der Waals surface area contributed by atoms with E-state index in [0.717, 1.165) is 28.2 Å². The molecule has 4 rings (SSSR count). The molecule has 0 aliphatic heterocycles. The van der Waals surface area contributed by atoms with E-state index in [0.29, 0.717) is 11.3 Å². The molecule has 0 fully saturated rings. The minimum absolute atomic E-state index is 0.217. The highest BCUT2D eigenvalue weighted by Gasteiger charge is 2.13. The van der Waals surface area contributed by atoms with E-state index in [4.69, 9.17) is 9.72 Å². The zero-order valence-corrected chi connectivity index (χ0v) is 19.7. The Morgan fingerprint density at radius 2 is 1.76 bits per heavy atom. The monoisotopic (exact) mass is 453 g/mol. The lowest BCUT2D eigenvalue weighted by Crippen LogP contribution is -2.13. The standard InChI is InChI=1S/C28H27N3O3/c1-18(2)34-28(33)22-6-5-7-23(17-22)29-26(32)13-12-24-27(21-10-8-19(3)9-11-21)30-25-16-20(4)14-15-31(24)25/h5-18H,1-4H3,(H,29,32)/b13-12+. The van der Waals surface area contributed by atoms with Crippen molar-refractivity contribution in [3.8, 4) is 11.3 Å². The quantitative estimate of drug-likeness (QED) is 0.294. The average Bonchev–Trinajstić information content (AvgIpc) is 3.15. The van der Waals surface area contributed by atoms with Crippen molar-refractivity contribution < 1.29 is 14.3 Å². The fourth-order valence-electron chi connectivity index (χ4n) is 3.59. The number of imidazole rings is 1. The minimum atomic E-state index is -0.426. The third-order valence-corrected chi connectivity index (χ3v) is 5.24. The Morgan fingerprint density at radius 3 is 2.50 bits per heavy atom. The highest BCUT2D eigenvalue weighted by Crippen LogP contribution is 2.26. The molecule has 0 unspecified atom stereocenters. The summed E-state index contributed by atoms with van der Waals surface area (Å²) in [6.07, 6.45) is 4.97. The van der Waals surface area contributed by atoms with E-state index < -0.39 is 5.97 Å². The Labute approximate surface area is 198 Å². The second kappa shape index (κ2) is 9.75. The summed E-state index contributed by atoms with van der Waals surface area (Å²) in [4.78, 5) is 29.7. The molecule has 0 spiro atoms. The van der Waals surface area contributed by atoms with Crippen LogP contribution < -0.4 is 5.32 Å². The molecule has 0 saturated carbocycles. The van der Waals surface area contributed by atoms with Crippen LogP contribution in [-0.2, 0) is 9.53 Å². The number of aryl methyl sites for hydroxylation is 2. The zero-order valence-electron chi connectivity index (χ0n) is 19.7. The molecular weight excluding hydrogens is 426 g/mol. The zero-order chi connectivity index (χ0) is 24.2. The molecule has 2 heterocycles. The van der Waals surface area contributed by atoms with Gasteiger partial charge in [-0.15, -0.1) is 0 Å². The van der Waals surface area contributed by atoms with Crippen LogP contribution in [0.1, 0.15) is 41.0 Å². The predicted molar refractivity (Wildman–Crippen MR) is 135 cm³/mol. The maximum absolute atomic E-state index is 12.7. The van der Waals surface area contributed by atoms with E-state index in [9.17, 15) is 9.59 Å². The highest BCUT2D eigenvalue weighted by molar-refractivity contribution is 6.03. The first-order chi connectivity index (χ1) is 16.3. The number of benzene rings is 2. The molecule has 0 atom stereocenters. The van der Waals surface area contributed by atoms with Gasteiger partial charge < -0.3 is 10.1 Å². The smallest absolute Gasteiger partial charge is 0.338 e. The van der Waals surface area contributed by atoms with Gasteiger partial charge in [-0.25, -0.2) is 9.78 Å². The van der Waals surface area contributed by atoms with Gasteiger partial charge in [0, 0.05) is 23.5 Å². The first kappa shape index (κ1) is 23.0. The Kier molecular flexibility index (Phi) is 6.59. The first-order valence-electron chi connectivity index (χ1n) is 11.2. The van der Waals surface area contributed by atoms with Crippen molar-refractivity contribution in [2.75, 3.05) is 5.32 Å². The third kappa shape index (κ3) is 5.23. The SMILES string of the molecule is Cc1ccc(-c2nc3cc(C)ccn3c2/C=C/C(=O)Nc2cccc(C(=O)OC(C)C)c2)cc1. The van der Waals surface area contributed by atoms with Gasteiger partial charge >= 0.3 is 5.97 Å². The number of carbonyl (C=O) groups excluding carboxylic acids is 2. The van der Waals surface area contributed by atoms with E-state index in [1.807, 2.05) is 60.8 Å². The van der Waals surface area contributed by atoms with Crippen LogP contribution in [0.25, 0.3) is 23.0 Å². The Bertz CT molecular complexity index is 1380. The van der Waals surface area contributed by atoms with E-state index in [1.54, 1.807) is 44.2 Å². The van der Waals surface area contributed by atoms with Gasteiger partial charge in [-0.1, -0.05) is 35.9 Å². The van der Waals surface area contributed by atoms with Gasteiger partial charge in [0.2, 0.25) is 5.91 Å². The number of hydrogen-bond acceptors (Lipinski definition) is 4. The van der Waals surface area contributed by atoms with Crippen molar-refractivity contribution in [2.45, 2.75) is 33.8 Å². The molecule has 0 aliphatic rings. The molecule has 4 aromatic rings. The van der Waals surface area contributed by atoms with Crippen LogP contribution in [-0.4, -0.2) is 27.4 Å². The number of nitrogens with zero attached hydrogens (tertiary/aromatic N) is 2. The Balaban J connectivity index is 1.61. The molecule has 0 aliphatic carbocycles. The van der Waals surface area contributed by atoms with Crippen LogP contribution in [0.15, 0.2) is 72.9 Å². The van der Waals surface area contributed by atoms with Crippen LogP contribution in [0.5, 0.6) is 0 Å². The molecule has 2 aromatic heterocycles. The molecule has 6 nitrogen and oxygen atoms in total. The summed E-state index contributed by atoms with van der Waals surface area (Å²) in [6.45, 7) is 7.65. The molecule has 1 N–H and O–H groups in total. The number of ether oxygens (including phenoxy) is 1. The summed E-state index contributed by atoms with van der Waals surface area (Å²) in [5, 5.41) is 2.81. The van der Waals surface area contributed by atoms with Crippen molar-refractivity contribution >= 4 is 29.3 Å². The summed E-state index contributed by atoms with van der Waals surface area (Å²) in [5.74, 6) is -0.739. The summed E-state index contributed by atoms with van der Waals surface area (Å²) in [7, 11) is 0. The van der Waals surface area contributed by atoms with E-state index >= 15 is 0 Å². The number of aromatic nitrogens is 2. The second-order valence-electron chi connectivity index (χ2n) is 8.50. The fourth-order valence-corrected chi connectivity index (χ4v) is 3.59. The Morgan fingerprint density at radius 1 is 1.00 bits per heavy atom.